The van der Waals surface area contributed by atoms with Crippen LogP contribution in [0.25, 0.3) is 0 Å². The second-order valence-electron chi connectivity index (χ2n) is 4.50. The van der Waals surface area contributed by atoms with Gasteiger partial charge in [0.15, 0.2) is 0 Å². The van der Waals surface area contributed by atoms with E-state index in [1.165, 1.54) is 6.20 Å². The quantitative estimate of drug-likeness (QED) is 0.656. The molecule has 0 fully saturated rings. The summed E-state index contributed by atoms with van der Waals surface area (Å²) in [6, 6.07) is 8.76. The number of nitrogens with one attached hydrogen (secondary N) is 1. The average Bonchev–Trinajstić information content (AvgIpc) is 2.53. The smallest absolute Gasteiger partial charge is 0.150 e. The molecule has 126 valence electrons. The molecule has 7 heteroatoms. The molecule has 0 aliphatic rings. The first kappa shape index (κ1) is 19.9. The van der Waals surface area contributed by atoms with Gasteiger partial charge < -0.3 is 4.74 Å². The molecule has 23 heavy (non-hydrogen) atoms. The summed E-state index contributed by atoms with van der Waals surface area (Å²) in [5.41, 5.74) is 0.573. The summed E-state index contributed by atoms with van der Waals surface area (Å²) in [6.45, 7) is 7.91. The zero-order valence-corrected chi connectivity index (χ0v) is 16.6. The lowest BCUT2D eigenvalue weighted by atomic mass is 10.3. The highest BCUT2D eigenvalue weighted by Gasteiger charge is 2.09. The molecule has 2 rings (SSSR count). The predicted molar refractivity (Wildman–Crippen MR) is 101 cm³/mol. The van der Waals surface area contributed by atoms with E-state index < -0.39 is 11.0 Å². The van der Waals surface area contributed by atoms with Gasteiger partial charge in [0, 0.05) is 6.20 Å². The Morgan fingerprint density at radius 2 is 1.87 bits per heavy atom. The number of hydrogen-bond acceptors (Lipinski definition) is 3. The Hall–Kier alpha value is -1.11. The summed E-state index contributed by atoms with van der Waals surface area (Å²) >= 11 is 9.16. The van der Waals surface area contributed by atoms with Crippen LogP contribution in [-0.2, 0) is 11.0 Å². The van der Waals surface area contributed by atoms with Gasteiger partial charge in [0.2, 0.25) is 0 Å². The first-order valence-electron chi connectivity index (χ1n) is 7.22. The van der Waals surface area contributed by atoms with Crippen LogP contribution in [0.4, 0.5) is 5.69 Å². The predicted octanol–water partition coefficient (Wildman–Crippen LogP) is 5.45. The lowest BCUT2D eigenvalue weighted by Crippen LogP contribution is -2.07. The summed E-state index contributed by atoms with van der Waals surface area (Å²) in [6.07, 6.45) is 1.62. The number of halogens is 2. The standard InChI is InChI=1S/C14H14BrClN2O2S.C2H6/c1-9(2)20-11-3-5-12(6-4-11)21(19)18-13-7-10(16)8-17-14(13)15;1-2/h3-9,18H,1-2H3;1-2H3. The molecule has 1 aromatic carbocycles. The average molecular weight is 420 g/mol. The molecule has 4 nitrogen and oxygen atoms in total. The number of pyridine rings is 1. The maximum absolute atomic E-state index is 12.3. The number of hydrogen-bond donors (Lipinski definition) is 1. The summed E-state index contributed by atoms with van der Waals surface area (Å²) in [5.74, 6) is 0.747. The number of aromatic nitrogens is 1. The first-order chi connectivity index (χ1) is 11.0. The third-order valence-electron chi connectivity index (χ3n) is 2.42. The van der Waals surface area contributed by atoms with Crippen molar-refractivity contribution in [3.63, 3.8) is 0 Å². The van der Waals surface area contributed by atoms with Gasteiger partial charge in [0.1, 0.15) is 21.3 Å². The van der Waals surface area contributed by atoms with Crippen molar-refractivity contribution in [1.82, 2.24) is 4.98 Å². The van der Waals surface area contributed by atoms with Gasteiger partial charge in [-0.2, -0.15) is 0 Å². The van der Waals surface area contributed by atoms with Crippen LogP contribution in [0.2, 0.25) is 5.02 Å². The molecule has 1 heterocycles. The highest BCUT2D eigenvalue weighted by Crippen LogP contribution is 2.25. The highest BCUT2D eigenvalue weighted by molar-refractivity contribution is 9.10. The largest absolute Gasteiger partial charge is 0.491 e. The van der Waals surface area contributed by atoms with Crippen molar-refractivity contribution in [3.8, 4) is 5.75 Å². The maximum atomic E-state index is 12.3. The molecule has 1 N–H and O–H groups in total. The van der Waals surface area contributed by atoms with Crippen molar-refractivity contribution in [1.29, 1.82) is 0 Å². The van der Waals surface area contributed by atoms with Gasteiger partial charge in [-0.15, -0.1) is 0 Å². The van der Waals surface area contributed by atoms with E-state index >= 15 is 0 Å². The maximum Gasteiger partial charge on any atom is 0.150 e. The second-order valence-corrected chi connectivity index (χ2v) is 6.90. The minimum atomic E-state index is -1.41. The van der Waals surface area contributed by atoms with Crippen molar-refractivity contribution in [2.24, 2.45) is 0 Å². The molecule has 2 aromatic rings. The van der Waals surface area contributed by atoms with Crippen molar-refractivity contribution in [3.05, 3.63) is 46.2 Å². The van der Waals surface area contributed by atoms with Crippen LogP contribution in [0.5, 0.6) is 5.75 Å². The molecule has 1 atom stereocenters. The molecule has 1 aromatic heterocycles. The molecule has 0 spiro atoms. The van der Waals surface area contributed by atoms with Gasteiger partial charge in [-0.05, 0) is 60.1 Å². The Labute approximate surface area is 153 Å². The zero-order valence-electron chi connectivity index (χ0n) is 13.5. The number of benzene rings is 1. The molecule has 1 unspecified atom stereocenters. The third-order valence-corrected chi connectivity index (χ3v) is 4.36. The van der Waals surface area contributed by atoms with Crippen LogP contribution < -0.4 is 9.46 Å². The van der Waals surface area contributed by atoms with E-state index in [0.29, 0.717) is 20.2 Å². The molecule has 0 aliphatic carbocycles. The Balaban J connectivity index is 0.00000127. The summed E-state index contributed by atoms with van der Waals surface area (Å²) < 4.78 is 21.2. The summed E-state index contributed by atoms with van der Waals surface area (Å²) in [7, 11) is -1.41. The lowest BCUT2D eigenvalue weighted by Gasteiger charge is -2.11. The van der Waals surface area contributed by atoms with E-state index in [-0.39, 0.29) is 6.10 Å². The molecule has 0 saturated carbocycles. The van der Waals surface area contributed by atoms with Crippen molar-refractivity contribution < 1.29 is 8.95 Å². The van der Waals surface area contributed by atoms with Gasteiger partial charge in [0.25, 0.3) is 0 Å². The van der Waals surface area contributed by atoms with Crippen LogP contribution in [0.15, 0.2) is 46.0 Å². The Morgan fingerprint density at radius 3 is 2.43 bits per heavy atom. The summed E-state index contributed by atoms with van der Waals surface area (Å²) in [5, 5.41) is 0.471. The SMILES string of the molecule is CC.CC(C)Oc1ccc(S(=O)Nc2cc(Cl)cnc2Br)cc1. The molecule has 0 amide bonds. The van der Waals surface area contributed by atoms with Gasteiger partial charge in [-0.25, -0.2) is 9.19 Å². The topological polar surface area (TPSA) is 51.2 Å². The number of nitrogens with zero attached hydrogens (tertiary/aromatic N) is 1. The van der Waals surface area contributed by atoms with Gasteiger partial charge in [-0.3, -0.25) is 4.72 Å². The summed E-state index contributed by atoms with van der Waals surface area (Å²) in [4.78, 5) is 4.68. The van der Waals surface area contributed by atoms with E-state index in [9.17, 15) is 4.21 Å². The van der Waals surface area contributed by atoms with Crippen molar-refractivity contribution in [2.75, 3.05) is 4.72 Å². The van der Waals surface area contributed by atoms with Gasteiger partial charge in [0.05, 0.1) is 21.7 Å². The number of rotatable bonds is 5. The van der Waals surface area contributed by atoms with Gasteiger partial charge in [-0.1, -0.05) is 25.4 Å². The van der Waals surface area contributed by atoms with E-state index in [1.807, 2.05) is 27.7 Å². The van der Waals surface area contributed by atoms with E-state index in [1.54, 1.807) is 30.3 Å². The third kappa shape index (κ3) is 6.49. The zero-order chi connectivity index (χ0) is 17.4. The van der Waals surface area contributed by atoms with E-state index in [0.717, 1.165) is 5.75 Å². The molecule has 0 bridgehead atoms. The normalized spacial score (nSPS) is 11.4. The lowest BCUT2D eigenvalue weighted by molar-refractivity contribution is 0.242. The Bertz CT molecular complexity index is 651. The number of ether oxygens (including phenoxy) is 1. The Morgan fingerprint density at radius 1 is 1.26 bits per heavy atom. The molecule has 0 radical (unpaired) electrons. The fraction of sp³-hybridized carbons (Fsp3) is 0.312. The molecular weight excluding hydrogens is 400 g/mol. The van der Waals surface area contributed by atoms with Crippen LogP contribution in [-0.4, -0.2) is 15.3 Å². The Kier molecular flexibility index (Phi) is 8.58. The van der Waals surface area contributed by atoms with Crippen molar-refractivity contribution >= 4 is 44.2 Å². The molecule has 0 saturated heterocycles. The first-order valence-corrected chi connectivity index (χ1v) is 9.54. The van der Waals surface area contributed by atoms with Crippen molar-refractivity contribution in [2.45, 2.75) is 38.7 Å². The fourth-order valence-electron chi connectivity index (χ4n) is 1.57. The van der Waals surface area contributed by atoms with Crippen LogP contribution in [0.3, 0.4) is 0 Å². The van der Waals surface area contributed by atoms with Crippen LogP contribution in [0.1, 0.15) is 27.7 Å². The van der Waals surface area contributed by atoms with Crippen LogP contribution >= 0.6 is 27.5 Å². The minimum absolute atomic E-state index is 0.105. The van der Waals surface area contributed by atoms with E-state index in [2.05, 4.69) is 25.6 Å². The van der Waals surface area contributed by atoms with Crippen LogP contribution in [0, 0.1) is 0 Å². The second kappa shape index (κ2) is 9.90. The highest BCUT2D eigenvalue weighted by atomic mass is 79.9. The molecule has 0 aliphatic heterocycles. The monoisotopic (exact) mass is 418 g/mol. The minimum Gasteiger partial charge on any atom is -0.491 e. The fourth-order valence-corrected chi connectivity index (χ4v) is 3.03. The van der Waals surface area contributed by atoms with Gasteiger partial charge >= 0.3 is 0 Å². The molecular formula is C16H20BrClN2O2S. The number of anilines is 1. The van der Waals surface area contributed by atoms with E-state index in [4.69, 9.17) is 16.3 Å².